The van der Waals surface area contributed by atoms with Crippen LogP contribution in [0.15, 0.2) is 34.9 Å². The Bertz CT molecular complexity index is 695. The van der Waals surface area contributed by atoms with Gasteiger partial charge in [0.1, 0.15) is 5.82 Å². The summed E-state index contributed by atoms with van der Waals surface area (Å²) in [4.78, 5) is 23.7. The lowest BCUT2D eigenvalue weighted by Crippen LogP contribution is -2.32. The molecule has 1 aliphatic rings. The SMILES string of the molecule is CCCNC(=O)CSC1=C(C#N)[C@H](c2ccc(F)cc2)CC(=O)N1. The van der Waals surface area contributed by atoms with E-state index in [0.717, 1.165) is 18.2 Å². The molecular weight excluding hydrogens is 329 g/mol. The van der Waals surface area contributed by atoms with E-state index in [-0.39, 0.29) is 29.8 Å². The minimum absolute atomic E-state index is 0.122. The first kappa shape index (κ1) is 18.0. The van der Waals surface area contributed by atoms with E-state index >= 15 is 0 Å². The van der Waals surface area contributed by atoms with Crippen molar-refractivity contribution in [1.29, 1.82) is 5.26 Å². The maximum atomic E-state index is 13.1. The number of nitrogens with one attached hydrogen (secondary N) is 2. The third-order valence-electron chi connectivity index (χ3n) is 3.55. The largest absolute Gasteiger partial charge is 0.355 e. The Labute approximate surface area is 144 Å². The number of benzene rings is 1. The summed E-state index contributed by atoms with van der Waals surface area (Å²) in [6.07, 6.45) is 0.965. The maximum absolute atomic E-state index is 13.1. The smallest absolute Gasteiger partial charge is 0.230 e. The Kier molecular flexibility index (Phi) is 6.38. The van der Waals surface area contributed by atoms with Crippen molar-refractivity contribution < 1.29 is 14.0 Å². The molecule has 1 atom stereocenters. The second kappa shape index (κ2) is 8.50. The van der Waals surface area contributed by atoms with E-state index in [1.54, 1.807) is 12.1 Å². The molecule has 0 radical (unpaired) electrons. The molecular formula is C17H18FN3O2S. The first-order valence-corrected chi connectivity index (χ1v) is 8.62. The van der Waals surface area contributed by atoms with Gasteiger partial charge in [-0.3, -0.25) is 9.59 Å². The normalized spacial score (nSPS) is 17.2. The fourth-order valence-electron chi connectivity index (χ4n) is 2.37. The van der Waals surface area contributed by atoms with Gasteiger partial charge in [-0.15, -0.1) is 0 Å². The number of rotatable bonds is 6. The number of thioether (sulfide) groups is 1. The molecule has 0 unspecified atom stereocenters. The number of allylic oxidation sites excluding steroid dienone is 1. The van der Waals surface area contributed by atoms with Crippen LogP contribution in [0.4, 0.5) is 4.39 Å². The van der Waals surface area contributed by atoms with Gasteiger partial charge in [0.15, 0.2) is 0 Å². The standard InChI is InChI=1S/C17H18FN3O2S/c1-2-7-20-16(23)10-24-17-14(9-19)13(8-15(22)21-17)11-3-5-12(18)6-4-11/h3-6,13H,2,7-8,10H2,1H3,(H,20,23)(H,21,22)/t13-/m0/s1. The van der Waals surface area contributed by atoms with Crippen molar-refractivity contribution in [3.8, 4) is 6.07 Å². The van der Waals surface area contributed by atoms with Crippen molar-refractivity contribution in [3.63, 3.8) is 0 Å². The van der Waals surface area contributed by atoms with Crippen molar-refractivity contribution in [2.24, 2.45) is 0 Å². The zero-order chi connectivity index (χ0) is 17.5. The summed E-state index contributed by atoms with van der Waals surface area (Å²) in [6, 6.07) is 7.89. The van der Waals surface area contributed by atoms with Gasteiger partial charge in [-0.2, -0.15) is 5.26 Å². The molecule has 2 rings (SSSR count). The fraction of sp³-hybridized carbons (Fsp3) is 0.353. The molecule has 7 heteroatoms. The molecule has 1 aliphatic heterocycles. The van der Waals surface area contributed by atoms with Crippen molar-refractivity contribution in [2.75, 3.05) is 12.3 Å². The van der Waals surface area contributed by atoms with Crippen LogP contribution in [0.25, 0.3) is 0 Å². The van der Waals surface area contributed by atoms with E-state index in [9.17, 15) is 19.2 Å². The highest BCUT2D eigenvalue weighted by Gasteiger charge is 2.29. The predicted octanol–water partition coefficient (Wildman–Crippen LogP) is 2.42. The molecule has 2 N–H and O–H groups in total. The van der Waals surface area contributed by atoms with Gasteiger partial charge in [0, 0.05) is 18.9 Å². The van der Waals surface area contributed by atoms with Crippen LogP contribution in [0.3, 0.4) is 0 Å². The molecule has 5 nitrogen and oxygen atoms in total. The van der Waals surface area contributed by atoms with E-state index in [0.29, 0.717) is 22.7 Å². The molecule has 0 fully saturated rings. The highest BCUT2D eigenvalue weighted by atomic mass is 32.2. The highest BCUT2D eigenvalue weighted by Crippen LogP contribution is 2.35. The van der Waals surface area contributed by atoms with Crippen LogP contribution in [0.1, 0.15) is 31.2 Å². The summed E-state index contributed by atoms with van der Waals surface area (Å²) < 4.78 is 13.1. The first-order valence-electron chi connectivity index (χ1n) is 7.64. The molecule has 1 aromatic carbocycles. The van der Waals surface area contributed by atoms with Crippen LogP contribution >= 0.6 is 11.8 Å². The van der Waals surface area contributed by atoms with Crippen LogP contribution in [0.5, 0.6) is 0 Å². The summed E-state index contributed by atoms with van der Waals surface area (Å²) in [5, 5.41) is 15.3. The molecule has 0 bridgehead atoms. The van der Waals surface area contributed by atoms with E-state index in [4.69, 9.17) is 0 Å². The highest BCUT2D eigenvalue weighted by molar-refractivity contribution is 8.03. The summed E-state index contributed by atoms with van der Waals surface area (Å²) in [7, 11) is 0. The summed E-state index contributed by atoms with van der Waals surface area (Å²) in [5.74, 6) is -1.05. The zero-order valence-electron chi connectivity index (χ0n) is 13.3. The van der Waals surface area contributed by atoms with Gasteiger partial charge in [0.25, 0.3) is 0 Å². The van der Waals surface area contributed by atoms with E-state index in [1.807, 2.05) is 6.92 Å². The van der Waals surface area contributed by atoms with E-state index in [2.05, 4.69) is 16.7 Å². The Balaban J connectivity index is 2.19. The van der Waals surface area contributed by atoms with Crippen LogP contribution in [-0.2, 0) is 9.59 Å². The average molecular weight is 347 g/mol. The summed E-state index contributed by atoms with van der Waals surface area (Å²) in [6.45, 7) is 2.55. The maximum Gasteiger partial charge on any atom is 0.230 e. The van der Waals surface area contributed by atoms with Crippen molar-refractivity contribution in [2.45, 2.75) is 25.7 Å². The quantitative estimate of drug-likeness (QED) is 0.828. The number of carbonyl (C=O) groups excluding carboxylic acids is 2. The number of nitriles is 1. The average Bonchev–Trinajstić information content (AvgIpc) is 2.58. The Morgan fingerprint density at radius 1 is 1.46 bits per heavy atom. The van der Waals surface area contributed by atoms with Crippen LogP contribution in [0, 0.1) is 17.1 Å². The van der Waals surface area contributed by atoms with E-state index < -0.39 is 5.92 Å². The number of carbonyl (C=O) groups is 2. The second-order valence-electron chi connectivity index (χ2n) is 5.35. The molecule has 1 aromatic rings. The molecule has 1 heterocycles. The Hall–Kier alpha value is -2.33. The van der Waals surface area contributed by atoms with Crippen molar-refractivity contribution in [3.05, 3.63) is 46.2 Å². The van der Waals surface area contributed by atoms with Crippen LogP contribution in [-0.4, -0.2) is 24.1 Å². The molecule has 126 valence electrons. The molecule has 0 aliphatic carbocycles. The molecule has 0 saturated carbocycles. The Morgan fingerprint density at radius 2 is 2.17 bits per heavy atom. The Morgan fingerprint density at radius 3 is 2.79 bits per heavy atom. The number of nitrogens with zero attached hydrogens (tertiary/aromatic N) is 1. The minimum atomic E-state index is -0.425. The number of hydrogen-bond acceptors (Lipinski definition) is 4. The molecule has 0 aromatic heterocycles. The molecule has 2 amide bonds. The number of halogens is 1. The lowest BCUT2D eigenvalue weighted by molar-refractivity contribution is -0.121. The van der Waals surface area contributed by atoms with Gasteiger partial charge in [-0.25, -0.2) is 4.39 Å². The lowest BCUT2D eigenvalue weighted by atomic mass is 9.87. The van der Waals surface area contributed by atoms with Crippen molar-refractivity contribution in [1.82, 2.24) is 10.6 Å². The predicted molar refractivity (Wildman–Crippen MR) is 90.3 cm³/mol. The molecule has 0 spiro atoms. The monoisotopic (exact) mass is 347 g/mol. The van der Waals surface area contributed by atoms with Gasteiger partial charge < -0.3 is 10.6 Å². The molecule has 24 heavy (non-hydrogen) atoms. The van der Waals surface area contributed by atoms with Crippen molar-refractivity contribution >= 4 is 23.6 Å². The number of hydrogen-bond donors (Lipinski definition) is 2. The number of amides is 2. The third-order valence-corrected chi connectivity index (χ3v) is 4.57. The topological polar surface area (TPSA) is 82.0 Å². The molecule has 0 saturated heterocycles. The van der Waals surface area contributed by atoms with Gasteiger partial charge in [0.05, 0.1) is 22.4 Å². The second-order valence-corrected chi connectivity index (χ2v) is 6.34. The minimum Gasteiger partial charge on any atom is -0.355 e. The summed E-state index contributed by atoms with van der Waals surface area (Å²) >= 11 is 1.13. The fourth-order valence-corrected chi connectivity index (χ4v) is 3.27. The lowest BCUT2D eigenvalue weighted by Gasteiger charge is -2.25. The van der Waals surface area contributed by atoms with Gasteiger partial charge >= 0.3 is 0 Å². The van der Waals surface area contributed by atoms with Crippen LogP contribution < -0.4 is 10.6 Å². The van der Waals surface area contributed by atoms with E-state index in [1.165, 1.54) is 12.1 Å². The van der Waals surface area contributed by atoms with Gasteiger partial charge in [-0.05, 0) is 24.1 Å². The first-order chi connectivity index (χ1) is 11.5. The zero-order valence-corrected chi connectivity index (χ0v) is 14.1. The van der Waals surface area contributed by atoms with Crippen LogP contribution in [0.2, 0.25) is 0 Å². The summed E-state index contributed by atoms with van der Waals surface area (Å²) in [5.41, 5.74) is 1.10. The van der Waals surface area contributed by atoms with Gasteiger partial charge in [-0.1, -0.05) is 30.8 Å². The van der Waals surface area contributed by atoms with Gasteiger partial charge in [0.2, 0.25) is 11.8 Å². The third kappa shape index (κ3) is 4.59.